The van der Waals surface area contributed by atoms with E-state index in [2.05, 4.69) is 4.72 Å². The molecule has 0 radical (unpaired) electrons. The number of nitrogens with zero attached hydrogens (tertiary/aromatic N) is 1. The molecule has 10 nitrogen and oxygen atoms in total. The number of aryl methyl sites for hydroxylation is 2. The van der Waals surface area contributed by atoms with Crippen LogP contribution in [0.1, 0.15) is 85.8 Å². The topological polar surface area (TPSA) is 161 Å². The Kier molecular flexibility index (Phi) is 13.5. The van der Waals surface area contributed by atoms with Gasteiger partial charge >= 0.3 is 11.9 Å². The average molecular weight is 697 g/mol. The first-order chi connectivity index (χ1) is 23.3. The number of aliphatic carboxylic acids is 2. The van der Waals surface area contributed by atoms with Crippen molar-refractivity contribution in [1.82, 2.24) is 4.72 Å². The van der Waals surface area contributed by atoms with Crippen molar-refractivity contribution in [3.8, 4) is 0 Å². The summed E-state index contributed by atoms with van der Waals surface area (Å²) in [6.07, 6.45) is 6.48. The highest BCUT2D eigenvalue weighted by Crippen LogP contribution is 2.46. The van der Waals surface area contributed by atoms with Gasteiger partial charge in [0.2, 0.25) is 15.9 Å². The number of hydrogen-bond acceptors (Lipinski definition) is 6. The number of sulfonamides is 1. The number of carboxylic acid groups (broad SMARTS) is 2. The van der Waals surface area contributed by atoms with E-state index < -0.39 is 39.8 Å². The van der Waals surface area contributed by atoms with Gasteiger partial charge in [0.1, 0.15) is 5.82 Å². The average Bonchev–Trinajstić information content (AvgIpc) is 3.05. The first-order valence-corrected chi connectivity index (χ1v) is 18.6. The molecule has 1 amide bonds. The van der Waals surface area contributed by atoms with Crippen LogP contribution >= 0.6 is 0 Å². The fourth-order valence-corrected chi connectivity index (χ4v) is 6.84. The maximum absolute atomic E-state index is 13.6. The van der Waals surface area contributed by atoms with Gasteiger partial charge in [0.15, 0.2) is 5.92 Å². The minimum atomic E-state index is -3.16. The van der Waals surface area contributed by atoms with E-state index in [0.717, 1.165) is 60.7 Å². The van der Waals surface area contributed by atoms with Crippen molar-refractivity contribution in [2.24, 2.45) is 11.8 Å². The van der Waals surface area contributed by atoms with E-state index in [-0.39, 0.29) is 24.3 Å². The van der Waals surface area contributed by atoms with Gasteiger partial charge in [-0.2, -0.15) is 0 Å². The smallest absolute Gasteiger partial charge is 0.317 e. The Morgan fingerprint density at radius 3 is 1.98 bits per heavy atom. The monoisotopic (exact) mass is 696 g/mol. The maximum atomic E-state index is 13.6. The van der Waals surface area contributed by atoms with Crippen molar-refractivity contribution in [2.45, 2.75) is 76.4 Å². The number of aliphatic hydroxyl groups excluding tert-OH is 1. The van der Waals surface area contributed by atoms with Crippen LogP contribution in [0.3, 0.4) is 0 Å². The van der Waals surface area contributed by atoms with Gasteiger partial charge < -0.3 is 20.2 Å². The lowest BCUT2D eigenvalue weighted by Gasteiger charge is -2.48. The number of aliphatic hydroxyl groups is 1. The minimum absolute atomic E-state index is 0.0225. The van der Waals surface area contributed by atoms with Gasteiger partial charge in [-0.3, -0.25) is 14.4 Å². The number of carbonyl (C=O) groups excluding carboxylic acids is 1. The number of benzene rings is 3. The van der Waals surface area contributed by atoms with Gasteiger partial charge in [0, 0.05) is 12.2 Å². The molecule has 0 saturated carbocycles. The summed E-state index contributed by atoms with van der Waals surface area (Å²) in [6.45, 7) is 0.438. The SMILES string of the molecule is CS(=O)(=O)NCCCCCCc1ccc(N2C(=O)C(CC[C@H](O)c3ccc(F)cc3)[C@H]2c2ccc(CCCC(C(=O)O)C(=O)O)cc2)cc1. The zero-order valence-electron chi connectivity index (χ0n) is 27.6. The Bertz CT molecular complexity index is 1650. The van der Waals surface area contributed by atoms with E-state index >= 15 is 0 Å². The molecule has 264 valence electrons. The standard InChI is InChI=1S/C37H45FN2O8S/c1-49(47,48)39-24-5-3-2-4-7-25-12-20-30(21-13-25)40-34(31(35(40)42)22-23-33(41)27-16-18-29(38)19-17-27)28-14-10-26(11-15-28)8-6-9-32(36(43)44)37(45)46/h10-21,31-34,39,41H,2-9,22-24H2,1H3,(H,43,44)(H,45,46)/t31?,33-,34+/m0/s1. The van der Waals surface area contributed by atoms with E-state index in [1.54, 1.807) is 4.90 Å². The van der Waals surface area contributed by atoms with E-state index in [9.17, 15) is 32.3 Å². The molecule has 3 aromatic carbocycles. The molecule has 1 fully saturated rings. The molecule has 3 aromatic rings. The summed E-state index contributed by atoms with van der Waals surface area (Å²) >= 11 is 0. The molecule has 1 saturated heterocycles. The third-order valence-corrected chi connectivity index (χ3v) is 9.79. The van der Waals surface area contributed by atoms with Crippen LogP contribution in [0.25, 0.3) is 0 Å². The number of anilines is 1. The normalized spacial score (nSPS) is 16.8. The quantitative estimate of drug-likeness (QED) is 0.0655. The molecule has 4 N–H and O–H groups in total. The minimum Gasteiger partial charge on any atom is -0.481 e. The lowest BCUT2D eigenvalue weighted by Crippen LogP contribution is -2.55. The van der Waals surface area contributed by atoms with Crippen molar-refractivity contribution >= 4 is 33.6 Å². The Hall–Kier alpha value is -4.13. The number of nitrogens with one attached hydrogen (secondary N) is 1. The number of unbranched alkanes of at least 4 members (excludes halogenated alkanes) is 3. The highest BCUT2D eigenvalue weighted by Gasteiger charge is 2.48. The lowest BCUT2D eigenvalue weighted by atomic mass is 9.78. The molecule has 1 aliphatic rings. The van der Waals surface area contributed by atoms with Crippen LogP contribution in [0.4, 0.5) is 10.1 Å². The number of amides is 1. The number of halogens is 1. The summed E-state index contributed by atoms with van der Waals surface area (Å²) in [5, 5.41) is 29.1. The zero-order chi connectivity index (χ0) is 35.6. The lowest BCUT2D eigenvalue weighted by molar-refractivity contribution is -0.154. The third kappa shape index (κ3) is 10.9. The van der Waals surface area contributed by atoms with Crippen molar-refractivity contribution in [3.63, 3.8) is 0 Å². The van der Waals surface area contributed by atoms with Crippen LogP contribution in [-0.4, -0.2) is 54.4 Å². The maximum Gasteiger partial charge on any atom is 0.317 e. The first-order valence-electron chi connectivity index (χ1n) is 16.7. The van der Waals surface area contributed by atoms with Crippen LogP contribution in [0.5, 0.6) is 0 Å². The summed E-state index contributed by atoms with van der Waals surface area (Å²) < 4.78 is 38.3. The Morgan fingerprint density at radius 2 is 1.39 bits per heavy atom. The van der Waals surface area contributed by atoms with Crippen molar-refractivity contribution in [2.75, 3.05) is 17.7 Å². The summed E-state index contributed by atoms with van der Waals surface area (Å²) in [5.41, 5.74) is 4.32. The van der Waals surface area contributed by atoms with E-state index in [4.69, 9.17) is 10.2 Å². The first kappa shape index (κ1) is 37.7. The predicted octanol–water partition coefficient (Wildman–Crippen LogP) is 5.80. The molecule has 1 aliphatic heterocycles. The van der Waals surface area contributed by atoms with Gasteiger partial charge in [-0.05, 0) is 97.9 Å². The zero-order valence-corrected chi connectivity index (χ0v) is 28.4. The molecular formula is C37H45FN2O8S. The number of carboxylic acids is 2. The van der Waals surface area contributed by atoms with Gasteiger partial charge in [-0.1, -0.05) is 61.4 Å². The largest absolute Gasteiger partial charge is 0.481 e. The van der Waals surface area contributed by atoms with Crippen LogP contribution in [-0.2, 0) is 37.2 Å². The van der Waals surface area contributed by atoms with Crippen LogP contribution in [0.2, 0.25) is 0 Å². The molecule has 0 aromatic heterocycles. The molecule has 3 atom stereocenters. The molecule has 0 bridgehead atoms. The fraction of sp³-hybridized carbons (Fsp3) is 0.432. The second kappa shape index (κ2) is 17.5. The molecule has 1 unspecified atom stereocenters. The second-order valence-electron chi connectivity index (χ2n) is 12.8. The summed E-state index contributed by atoms with van der Waals surface area (Å²) in [6, 6.07) is 21.0. The fourth-order valence-electron chi connectivity index (χ4n) is 6.32. The van der Waals surface area contributed by atoms with Crippen LogP contribution < -0.4 is 9.62 Å². The number of β-lactam (4-membered cyclic amide) rings is 1. The summed E-state index contributed by atoms with van der Waals surface area (Å²) in [7, 11) is -3.16. The molecule has 12 heteroatoms. The van der Waals surface area contributed by atoms with Crippen molar-refractivity contribution in [3.05, 3.63) is 101 Å². The summed E-state index contributed by atoms with van der Waals surface area (Å²) in [5.74, 6) is -4.97. The van der Waals surface area contributed by atoms with Gasteiger partial charge in [-0.15, -0.1) is 0 Å². The van der Waals surface area contributed by atoms with Gasteiger partial charge in [-0.25, -0.2) is 17.5 Å². The number of hydrogen-bond donors (Lipinski definition) is 4. The van der Waals surface area contributed by atoms with E-state index in [1.165, 1.54) is 24.3 Å². The predicted molar refractivity (Wildman–Crippen MR) is 184 cm³/mol. The Morgan fingerprint density at radius 1 is 0.816 bits per heavy atom. The second-order valence-corrected chi connectivity index (χ2v) is 14.6. The molecular weight excluding hydrogens is 651 g/mol. The van der Waals surface area contributed by atoms with Gasteiger partial charge in [0.05, 0.1) is 24.3 Å². The van der Waals surface area contributed by atoms with E-state index in [0.29, 0.717) is 37.8 Å². The molecule has 1 heterocycles. The van der Waals surface area contributed by atoms with Crippen LogP contribution in [0.15, 0.2) is 72.8 Å². The van der Waals surface area contributed by atoms with Crippen molar-refractivity contribution < 1.29 is 42.5 Å². The van der Waals surface area contributed by atoms with E-state index in [1.807, 2.05) is 48.5 Å². The third-order valence-electron chi connectivity index (χ3n) is 9.07. The highest BCUT2D eigenvalue weighted by atomic mass is 32.2. The molecule has 0 aliphatic carbocycles. The summed E-state index contributed by atoms with van der Waals surface area (Å²) in [4.78, 5) is 37.8. The highest BCUT2D eigenvalue weighted by molar-refractivity contribution is 7.88. The van der Waals surface area contributed by atoms with Gasteiger partial charge in [0.25, 0.3) is 0 Å². The molecule has 0 spiro atoms. The molecule has 49 heavy (non-hydrogen) atoms. The number of carbonyl (C=O) groups is 3. The van der Waals surface area contributed by atoms with Crippen LogP contribution in [0, 0.1) is 17.7 Å². The number of rotatable bonds is 20. The van der Waals surface area contributed by atoms with Crippen molar-refractivity contribution in [1.29, 1.82) is 0 Å². The molecule has 4 rings (SSSR count). The Balaban J connectivity index is 1.41. The Labute approximate surface area is 287 Å².